The topological polar surface area (TPSA) is 63.3 Å². The number of rotatable bonds is 1. The second-order valence-electron chi connectivity index (χ2n) is 2.12. The van der Waals surface area contributed by atoms with E-state index in [1.54, 1.807) is 0 Å². The molecule has 0 radical (unpaired) electrons. The maximum atomic E-state index is 12.9. The third-order valence-corrected chi connectivity index (χ3v) is 1.63. The summed E-state index contributed by atoms with van der Waals surface area (Å²) in [5, 5.41) is 8.72. The molecule has 5 heteroatoms. The van der Waals surface area contributed by atoms with Crippen molar-refractivity contribution in [3.05, 3.63) is 28.5 Å². The first kappa shape index (κ1) is 12.7. The van der Waals surface area contributed by atoms with Gasteiger partial charge >= 0.3 is 0 Å². The summed E-state index contributed by atoms with van der Waals surface area (Å²) in [5.41, 5.74) is 4.32. The quantitative estimate of drug-likeness (QED) is 0.761. The smallest absolute Gasteiger partial charge is 0.253 e. The van der Waals surface area contributed by atoms with E-state index in [0.717, 1.165) is 6.07 Å². The predicted octanol–water partition coefficient (Wildman–Crippen LogP) is 2.31. The predicted molar refractivity (Wildman–Crippen MR) is 52.9 cm³/mol. The Kier molecular flexibility index (Phi) is 4.94. The number of carbonyl (C=O) groups excluding carboxylic acids is 1. The van der Waals surface area contributed by atoms with Crippen molar-refractivity contribution in [1.82, 2.24) is 0 Å². The molecule has 3 N–H and O–H groups in total. The Morgan fingerprint density at radius 1 is 1.50 bits per heavy atom. The molecule has 0 fully saturated rings. The Balaban J connectivity index is 0.000000791. The van der Waals surface area contributed by atoms with Crippen molar-refractivity contribution in [3.63, 3.8) is 0 Å². The van der Waals surface area contributed by atoms with E-state index in [9.17, 15) is 9.18 Å². The zero-order chi connectivity index (χ0) is 11.3. The molecule has 14 heavy (non-hydrogen) atoms. The summed E-state index contributed by atoms with van der Waals surface area (Å²) in [4.78, 5) is 10.6. The van der Waals surface area contributed by atoms with Crippen molar-refractivity contribution in [2.75, 3.05) is 0 Å². The lowest BCUT2D eigenvalue weighted by Crippen LogP contribution is -2.13. The van der Waals surface area contributed by atoms with Crippen LogP contribution in [0.2, 0.25) is 5.02 Å². The molecular formula is C9H11ClFNO2. The molecule has 0 aliphatic carbocycles. The highest BCUT2D eigenvalue weighted by Crippen LogP contribution is 2.25. The van der Waals surface area contributed by atoms with Gasteiger partial charge in [-0.25, -0.2) is 4.39 Å². The minimum Gasteiger partial charge on any atom is -0.505 e. The van der Waals surface area contributed by atoms with Gasteiger partial charge in [-0.3, -0.25) is 4.79 Å². The van der Waals surface area contributed by atoms with E-state index < -0.39 is 23.0 Å². The molecule has 0 atom stereocenters. The van der Waals surface area contributed by atoms with Gasteiger partial charge in [-0.15, -0.1) is 0 Å². The van der Waals surface area contributed by atoms with Crippen molar-refractivity contribution in [2.45, 2.75) is 13.8 Å². The number of primary amides is 1. The van der Waals surface area contributed by atoms with Gasteiger partial charge in [0.1, 0.15) is 0 Å². The molecule has 0 unspecified atom stereocenters. The summed E-state index contributed by atoms with van der Waals surface area (Å²) in [6, 6.07) is 2.24. The van der Waals surface area contributed by atoms with Gasteiger partial charge in [0.25, 0.3) is 5.91 Å². The fourth-order valence-corrected chi connectivity index (χ4v) is 1.01. The van der Waals surface area contributed by atoms with Gasteiger partial charge in [-0.1, -0.05) is 25.4 Å². The van der Waals surface area contributed by atoms with E-state index in [1.165, 1.54) is 6.07 Å². The first-order valence-corrected chi connectivity index (χ1v) is 4.38. The van der Waals surface area contributed by atoms with Crippen molar-refractivity contribution in [1.29, 1.82) is 0 Å². The number of hydrogen-bond acceptors (Lipinski definition) is 2. The summed E-state index contributed by atoms with van der Waals surface area (Å²) >= 11 is 5.44. The average Bonchev–Trinajstić information content (AvgIpc) is 2.15. The van der Waals surface area contributed by atoms with Gasteiger partial charge in [-0.05, 0) is 12.1 Å². The highest BCUT2D eigenvalue weighted by atomic mass is 35.5. The molecule has 3 nitrogen and oxygen atoms in total. The molecule has 0 aliphatic rings. The van der Waals surface area contributed by atoms with E-state index in [4.69, 9.17) is 22.4 Å². The zero-order valence-corrected chi connectivity index (χ0v) is 8.60. The number of halogens is 2. The molecular weight excluding hydrogens is 209 g/mol. The van der Waals surface area contributed by atoms with Crippen molar-refractivity contribution in [3.8, 4) is 5.75 Å². The Bertz CT molecular complexity index is 342. The number of amides is 1. The number of phenolic OH excluding ortho intramolecular Hbond substituents is 1. The molecule has 0 heterocycles. The van der Waals surface area contributed by atoms with E-state index in [-0.39, 0.29) is 5.02 Å². The monoisotopic (exact) mass is 219 g/mol. The summed E-state index contributed by atoms with van der Waals surface area (Å²) in [7, 11) is 0. The first-order chi connectivity index (χ1) is 6.54. The Labute approximate surface area is 86.3 Å². The normalized spacial score (nSPS) is 8.86. The van der Waals surface area contributed by atoms with Crippen LogP contribution in [0.1, 0.15) is 24.2 Å². The molecule has 0 aliphatic heterocycles. The molecule has 0 saturated heterocycles. The second-order valence-corrected chi connectivity index (χ2v) is 2.53. The lowest BCUT2D eigenvalue weighted by Gasteiger charge is -2.02. The van der Waals surface area contributed by atoms with Crippen LogP contribution >= 0.6 is 11.6 Å². The zero-order valence-electron chi connectivity index (χ0n) is 7.84. The maximum absolute atomic E-state index is 12.9. The molecule has 1 aromatic rings. The number of carbonyl (C=O) groups is 1. The fourth-order valence-electron chi connectivity index (χ4n) is 0.767. The van der Waals surface area contributed by atoms with Crippen LogP contribution in [0.25, 0.3) is 0 Å². The highest BCUT2D eigenvalue weighted by Gasteiger charge is 2.15. The summed E-state index contributed by atoms with van der Waals surface area (Å²) in [5.74, 6) is -2.74. The fraction of sp³-hybridized carbons (Fsp3) is 0.222. The van der Waals surface area contributed by atoms with Crippen LogP contribution < -0.4 is 5.73 Å². The van der Waals surface area contributed by atoms with Gasteiger partial charge < -0.3 is 10.8 Å². The number of aromatic hydroxyl groups is 1. The van der Waals surface area contributed by atoms with Gasteiger partial charge in [0.2, 0.25) is 0 Å². The van der Waals surface area contributed by atoms with Crippen LogP contribution in [0.15, 0.2) is 12.1 Å². The van der Waals surface area contributed by atoms with E-state index in [1.807, 2.05) is 13.8 Å². The third-order valence-electron chi connectivity index (χ3n) is 1.32. The van der Waals surface area contributed by atoms with Crippen LogP contribution in [-0.2, 0) is 0 Å². The molecule has 78 valence electrons. The maximum Gasteiger partial charge on any atom is 0.253 e. The number of nitrogens with two attached hydrogens (primary N) is 1. The van der Waals surface area contributed by atoms with Crippen LogP contribution in [0.4, 0.5) is 4.39 Å². The van der Waals surface area contributed by atoms with Crippen LogP contribution in [0.5, 0.6) is 5.75 Å². The van der Waals surface area contributed by atoms with Crippen molar-refractivity contribution in [2.24, 2.45) is 5.73 Å². The summed E-state index contributed by atoms with van der Waals surface area (Å²) in [6.07, 6.45) is 0. The molecule has 0 spiro atoms. The van der Waals surface area contributed by atoms with Crippen LogP contribution in [-0.4, -0.2) is 11.0 Å². The molecule has 1 aromatic carbocycles. The van der Waals surface area contributed by atoms with Gasteiger partial charge in [0, 0.05) is 0 Å². The van der Waals surface area contributed by atoms with E-state index in [2.05, 4.69) is 0 Å². The lowest BCUT2D eigenvalue weighted by atomic mass is 10.2. The van der Waals surface area contributed by atoms with Crippen LogP contribution in [0.3, 0.4) is 0 Å². The molecule has 0 bridgehead atoms. The van der Waals surface area contributed by atoms with Gasteiger partial charge in [0.15, 0.2) is 11.6 Å². The average molecular weight is 220 g/mol. The molecule has 1 rings (SSSR count). The summed E-state index contributed by atoms with van der Waals surface area (Å²) in [6.45, 7) is 4.00. The first-order valence-electron chi connectivity index (χ1n) is 4.01. The van der Waals surface area contributed by atoms with E-state index in [0.29, 0.717) is 0 Å². The summed E-state index contributed by atoms with van der Waals surface area (Å²) < 4.78 is 12.9. The Morgan fingerprint density at radius 3 is 2.36 bits per heavy atom. The third kappa shape index (κ3) is 2.60. The lowest BCUT2D eigenvalue weighted by molar-refractivity contribution is 0.0996. The Hall–Kier alpha value is -1.29. The SMILES string of the molecule is CC.NC(=O)c1c(Cl)ccc(O)c1F. The number of benzene rings is 1. The van der Waals surface area contributed by atoms with Crippen LogP contribution in [0, 0.1) is 5.82 Å². The van der Waals surface area contributed by atoms with Crippen molar-refractivity contribution < 1.29 is 14.3 Å². The molecule has 0 aromatic heterocycles. The minimum atomic E-state index is -1.09. The second kappa shape index (κ2) is 5.44. The molecule has 1 amide bonds. The number of phenols is 1. The largest absolute Gasteiger partial charge is 0.505 e. The highest BCUT2D eigenvalue weighted by molar-refractivity contribution is 6.33. The van der Waals surface area contributed by atoms with Gasteiger partial charge in [0.05, 0.1) is 10.6 Å². The van der Waals surface area contributed by atoms with Gasteiger partial charge in [-0.2, -0.15) is 0 Å². The number of hydrogen-bond donors (Lipinski definition) is 2. The Morgan fingerprint density at radius 2 is 2.00 bits per heavy atom. The molecule has 0 saturated carbocycles. The van der Waals surface area contributed by atoms with Crippen molar-refractivity contribution >= 4 is 17.5 Å². The standard InChI is InChI=1S/C7H5ClFNO2.C2H6/c8-3-1-2-4(11)6(9)5(3)7(10)12;1-2/h1-2,11H,(H2,10,12);1-2H3. The minimum absolute atomic E-state index is 0.113. The van der Waals surface area contributed by atoms with E-state index >= 15 is 0 Å².